The van der Waals surface area contributed by atoms with E-state index in [1.807, 2.05) is 19.2 Å². The highest BCUT2D eigenvalue weighted by Crippen LogP contribution is 2.27. The maximum absolute atomic E-state index is 5.49. The molecule has 0 saturated carbocycles. The van der Waals surface area contributed by atoms with Crippen LogP contribution in [-0.2, 0) is 6.54 Å². The van der Waals surface area contributed by atoms with Gasteiger partial charge in [0, 0.05) is 18.2 Å². The number of likely N-dealkylation sites (tertiary alicyclic amines) is 1. The van der Waals surface area contributed by atoms with Gasteiger partial charge in [0.15, 0.2) is 0 Å². The maximum atomic E-state index is 5.49. The predicted molar refractivity (Wildman–Crippen MR) is 86.1 cm³/mol. The van der Waals surface area contributed by atoms with Crippen LogP contribution in [0.3, 0.4) is 0 Å². The van der Waals surface area contributed by atoms with E-state index in [1.54, 1.807) is 14.2 Å². The van der Waals surface area contributed by atoms with Gasteiger partial charge in [-0.3, -0.25) is 4.90 Å². The Morgan fingerprint density at radius 3 is 2.57 bits per heavy atom. The van der Waals surface area contributed by atoms with E-state index < -0.39 is 0 Å². The van der Waals surface area contributed by atoms with Gasteiger partial charge in [0.25, 0.3) is 0 Å². The van der Waals surface area contributed by atoms with E-state index in [9.17, 15) is 0 Å². The lowest BCUT2D eigenvalue weighted by atomic mass is 9.93. The summed E-state index contributed by atoms with van der Waals surface area (Å²) in [6, 6.07) is 6.09. The van der Waals surface area contributed by atoms with E-state index in [4.69, 9.17) is 9.47 Å². The van der Waals surface area contributed by atoms with Crippen LogP contribution in [0.15, 0.2) is 18.2 Å². The minimum Gasteiger partial charge on any atom is -0.497 e. The molecule has 0 bridgehead atoms. The number of benzene rings is 1. The molecule has 1 aliphatic heterocycles. The van der Waals surface area contributed by atoms with Gasteiger partial charge in [0.05, 0.1) is 14.2 Å². The molecule has 1 aromatic rings. The monoisotopic (exact) mass is 292 g/mol. The summed E-state index contributed by atoms with van der Waals surface area (Å²) in [7, 11) is 5.44. The fourth-order valence-electron chi connectivity index (χ4n) is 3.01. The summed E-state index contributed by atoms with van der Waals surface area (Å²) in [5, 5.41) is 3.25. The van der Waals surface area contributed by atoms with Gasteiger partial charge in [0.2, 0.25) is 0 Å². The smallest absolute Gasteiger partial charge is 0.127 e. The first-order chi connectivity index (χ1) is 10.3. The molecular formula is C17H28N2O2. The minimum atomic E-state index is 0.848. The first kappa shape index (κ1) is 16.1. The highest BCUT2D eigenvalue weighted by Gasteiger charge is 2.19. The molecular weight excluding hydrogens is 264 g/mol. The third kappa shape index (κ3) is 4.61. The van der Waals surface area contributed by atoms with Crippen LogP contribution < -0.4 is 14.8 Å². The Kier molecular flexibility index (Phi) is 6.33. The Bertz CT molecular complexity index is 429. The molecule has 0 aromatic heterocycles. The molecule has 0 unspecified atom stereocenters. The van der Waals surface area contributed by atoms with Crippen LogP contribution in [0.5, 0.6) is 11.5 Å². The van der Waals surface area contributed by atoms with Crippen LogP contribution in [0.1, 0.15) is 24.8 Å². The van der Waals surface area contributed by atoms with E-state index in [0.717, 1.165) is 30.5 Å². The molecule has 0 spiro atoms. The van der Waals surface area contributed by atoms with Crippen LogP contribution in [-0.4, -0.2) is 45.8 Å². The average molecular weight is 292 g/mol. The van der Waals surface area contributed by atoms with Gasteiger partial charge in [0.1, 0.15) is 11.5 Å². The number of nitrogens with one attached hydrogen (secondary N) is 1. The van der Waals surface area contributed by atoms with Crippen LogP contribution in [0.25, 0.3) is 0 Å². The van der Waals surface area contributed by atoms with Gasteiger partial charge >= 0.3 is 0 Å². The number of methoxy groups -OCH3 is 2. The van der Waals surface area contributed by atoms with E-state index in [1.165, 1.54) is 37.9 Å². The van der Waals surface area contributed by atoms with Crippen LogP contribution in [0.2, 0.25) is 0 Å². The van der Waals surface area contributed by atoms with Crippen molar-refractivity contribution in [1.29, 1.82) is 0 Å². The molecule has 21 heavy (non-hydrogen) atoms. The highest BCUT2D eigenvalue weighted by atomic mass is 16.5. The van der Waals surface area contributed by atoms with Crippen molar-refractivity contribution in [1.82, 2.24) is 10.2 Å². The Morgan fingerprint density at radius 2 is 1.95 bits per heavy atom. The molecule has 0 aliphatic carbocycles. The summed E-state index contributed by atoms with van der Waals surface area (Å²) >= 11 is 0. The second-order valence-electron chi connectivity index (χ2n) is 5.79. The summed E-state index contributed by atoms with van der Waals surface area (Å²) in [6.07, 6.45) is 3.91. The molecule has 4 nitrogen and oxygen atoms in total. The molecule has 0 radical (unpaired) electrons. The van der Waals surface area contributed by atoms with Crippen molar-refractivity contribution >= 4 is 0 Å². The fourth-order valence-corrected chi connectivity index (χ4v) is 3.01. The fraction of sp³-hybridized carbons (Fsp3) is 0.647. The third-order valence-corrected chi connectivity index (χ3v) is 4.40. The number of ether oxygens (including phenoxy) is 2. The Labute approximate surface area is 128 Å². The molecule has 118 valence electrons. The van der Waals surface area contributed by atoms with Crippen molar-refractivity contribution in [3.8, 4) is 11.5 Å². The van der Waals surface area contributed by atoms with Gasteiger partial charge in [-0.2, -0.15) is 0 Å². The summed E-state index contributed by atoms with van der Waals surface area (Å²) in [5.41, 5.74) is 1.24. The zero-order valence-corrected chi connectivity index (χ0v) is 13.5. The third-order valence-electron chi connectivity index (χ3n) is 4.40. The topological polar surface area (TPSA) is 33.7 Å². The Morgan fingerprint density at radius 1 is 1.19 bits per heavy atom. The molecule has 0 atom stereocenters. The Balaban J connectivity index is 1.88. The van der Waals surface area contributed by atoms with E-state index >= 15 is 0 Å². The predicted octanol–water partition coefficient (Wildman–Crippen LogP) is 2.53. The van der Waals surface area contributed by atoms with Crippen molar-refractivity contribution in [3.05, 3.63) is 23.8 Å². The number of nitrogens with zero attached hydrogens (tertiary/aromatic N) is 1. The zero-order chi connectivity index (χ0) is 15.1. The SMILES string of the molecule is CNCCC1CCN(Cc2ccc(OC)cc2OC)CC1. The van der Waals surface area contributed by atoms with Gasteiger partial charge in [-0.15, -0.1) is 0 Å². The Hall–Kier alpha value is -1.26. The van der Waals surface area contributed by atoms with Crippen molar-refractivity contribution < 1.29 is 9.47 Å². The molecule has 1 N–H and O–H groups in total. The molecule has 1 fully saturated rings. The highest BCUT2D eigenvalue weighted by molar-refractivity contribution is 5.40. The average Bonchev–Trinajstić information content (AvgIpc) is 2.54. The summed E-state index contributed by atoms with van der Waals surface area (Å²) in [5.74, 6) is 2.65. The van der Waals surface area contributed by atoms with E-state index in [2.05, 4.69) is 16.3 Å². The van der Waals surface area contributed by atoms with Crippen LogP contribution in [0, 0.1) is 5.92 Å². The van der Waals surface area contributed by atoms with Crippen molar-refractivity contribution in [3.63, 3.8) is 0 Å². The molecule has 1 aromatic carbocycles. The second-order valence-corrected chi connectivity index (χ2v) is 5.79. The normalized spacial score (nSPS) is 16.9. The molecule has 0 amide bonds. The van der Waals surface area contributed by atoms with Gasteiger partial charge < -0.3 is 14.8 Å². The lowest BCUT2D eigenvalue weighted by molar-refractivity contribution is 0.171. The zero-order valence-electron chi connectivity index (χ0n) is 13.5. The maximum Gasteiger partial charge on any atom is 0.127 e. The molecule has 1 saturated heterocycles. The minimum absolute atomic E-state index is 0.848. The number of hydrogen-bond donors (Lipinski definition) is 1. The first-order valence-electron chi connectivity index (χ1n) is 7.84. The number of piperidine rings is 1. The van der Waals surface area contributed by atoms with Crippen molar-refractivity contribution in [2.75, 3.05) is 40.9 Å². The van der Waals surface area contributed by atoms with E-state index in [-0.39, 0.29) is 0 Å². The van der Waals surface area contributed by atoms with Crippen molar-refractivity contribution in [2.24, 2.45) is 5.92 Å². The largest absolute Gasteiger partial charge is 0.497 e. The summed E-state index contributed by atoms with van der Waals surface area (Å²) in [6.45, 7) is 4.47. The lowest BCUT2D eigenvalue weighted by Crippen LogP contribution is -2.34. The van der Waals surface area contributed by atoms with Gasteiger partial charge in [-0.1, -0.05) is 6.07 Å². The van der Waals surface area contributed by atoms with Crippen molar-refractivity contribution in [2.45, 2.75) is 25.8 Å². The van der Waals surface area contributed by atoms with Gasteiger partial charge in [-0.25, -0.2) is 0 Å². The molecule has 1 heterocycles. The summed E-state index contributed by atoms with van der Waals surface area (Å²) < 4.78 is 10.7. The van der Waals surface area contributed by atoms with Crippen LogP contribution >= 0.6 is 0 Å². The first-order valence-corrected chi connectivity index (χ1v) is 7.84. The quantitative estimate of drug-likeness (QED) is 0.837. The lowest BCUT2D eigenvalue weighted by Gasteiger charge is -2.32. The molecule has 1 aliphatic rings. The number of rotatable bonds is 7. The summed E-state index contributed by atoms with van der Waals surface area (Å²) in [4.78, 5) is 2.53. The standard InChI is InChI=1S/C17H28N2O2/c1-18-9-6-14-7-10-19(11-8-14)13-15-4-5-16(20-2)12-17(15)21-3/h4-5,12,14,18H,6-11,13H2,1-3H3. The van der Waals surface area contributed by atoms with Gasteiger partial charge in [-0.05, 0) is 57.9 Å². The number of hydrogen-bond acceptors (Lipinski definition) is 4. The molecule has 4 heteroatoms. The van der Waals surface area contributed by atoms with E-state index in [0.29, 0.717) is 0 Å². The molecule has 2 rings (SSSR count). The van der Waals surface area contributed by atoms with Crippen LogP contribution in [0.4, 0.5) is 0 Å². The second kappa shape index (κ2) is 8.25.